The highest BCUT2D eigenvalue weighted by atomic mass is 16.2. The maximum Gasteiger partial charge on any atom is 0.224 e. The van der Waals surface area contributed by atoms with Gasteiger partial charge in [0.25, 0.3) is 0 Å². The van der Waals surface area contributed by atoms with E-state index in [0.29, 0.717) is 12.8 Å². The molecular formula is C55H58N6O2. The molecule has 2 aliphatic rings. The molecule has 320 valence electrons. The number of hydrogen-bond acceptors (Lipinski definition) is 4. The summed E-state index contributed by atoms with van der Waals surface area (Å²) in [6.07, 6.45) is 5.55. The first-order valence-corrected chi connectivity index (χ1v) is 22.0. The van der Waals surface area contributed by atoms with Gasteiger partial charge in [-0.2, -0.15) is 0 Å². The molecule has 8 rings (SSSR count). The van der Waals surface area contributed by atoms with Crippen molar-refractivity contribution in [2.45, 2.75) is 101 Å². The summed E-state index contributed by atoms with van der Waals surface area (Å²) in [5.41, 5.74) is 18.8. The van der Waals surface area contributed by atoms with Crippen LogP contribution in [-0.4, -0.2) is 33.2 Å². The van der Waals surface area contributed by atoms with Crippen LogP contribution in [0.2, 0.25) is 0 Å². The number of amides is 2. The molecule has 8 nitrogen and oxygen atoms in total. The van der Waals surface area contributed by atoms with Gasteiger partial charge in [0.05, 0.1) is 36.3 Å². The number of fused-ring (bicyclic) bond motifs is 2. The molecule has 2 aliphatic heterocycles. The van der Waals surface area contributed by atoms with Gasteiger partial charge in [-0.15, -0.1) is 0 Å². The zero-order valence-electron chi connectivity index (χ0n) is 38.2. The van der Waals surface area contributed by atoms with Crippen LogP contribution < -0.4 is 10.6 Å². The maximum absolute atomic E-state index is 13.4. The Balaban J connectivity index is 0.951. The zero-order chi connectivity index (χ0) is 44.7. The lowest BCUT2D eigenvalue weighted by Gasteiger charge is -2.17. The maximum atomic E-state index is 13.4. The lowest BCUT2D eigenvalue weighted by atomic mass is 9.93. The second-order valence-electron chi connectivity index (χ2n) is 17.4. The van der Waals surface area contributed by atoms with E-state index in [1.165, 1.54) is 21.9 Å². The van der Waals surface area contributed by atoms with Crippen LogP contribution in [0.5, 0.6) is 0 Å². The summed E-state index contributed by atoms with van der Waals surface area (Å²) in [6, 6.07) is 28.8. The van der Waals surface area contributed by atoms with Gasteiger partial charge >= 0.3 is 0 Å². The second-order valence-corrected chi connectivity index (χ2v) is 17.4. The van der Waals surface area contributed by atoms with E-state index >= 15 is 0 Å². The van der Waals surface area contributed by atoms with E-state index in [2.05, 4.69) is 123 Å². The summed E-state index contributed by atoms with van der Waals surface area (Å²) in [6.45, 7) is 20.8. The van der Waals surface area contributed by atoms with Crippen molar-refractivity contribution in [3.05, 3.63) is 175 Å². The standard InChI is InChI=1S/C55H58N6O2/c1-30-46(36(7)56-50(30)28-52-32(3)48(38(9)58-52)26-54(62)60-34(5)42-23-15-19-40-17-11-13-21-44(40)42)25-47-31(2)51(57-37(47)8)29-53-33(4)49(39(10)59-53)27-55(63)61-35(6)43-24-16-20-41-18-12-14-22-45(41)43/h11-24,28-29,34-35,58-59H,25-27H2,1-10H3,(H,60,62)(H,61,63)/b50-28-,51-29?/t34-,35-/m0/s1. The van der Waals surface area contributed by atoms with E-state index in [-0.39, 0.29) is 23.9 Å². The van der Waals surface area contributed by atoms with Crippen molar-refractivity contribution in [1.29, 1.82) is 0 Å². The van der Waals surface area contributed by atoms with E-state index in [9.17, 15) is 9.59 Å². The fraction of sp³-hybridized carbons (Fsp3) is 0.273. The first kappa shape index (κ1) is 42.9. The fourth-order valence-electron chi connectivity index (χ4n) is 9.53. The van der Waals surface area contributed by atoms with Gasteiger partial charge < -0.3 is 20.6 Å². The van der Waals surface area contributed by atoms with Gasteiger partial charge in [0, 0.05) is 40.6 Å². The molecule has 0 radical (unpaired) electrons. The summed E-state index contributed by atoms with van der Waals surface area (Å²) >= 11 is 0. The van der Waals surface area contributed by atoms with Gasteiger partial charge in [-0.1, -0.05) is 84.9 Å². The monoisotopic (exact) mass is 834 g/mol. The van der Waals surface area contributed by atoms with Crippen LogP contribution in [0.3, 0.4) is 0 Å². The van der Waals surface area contributed by atoms with Crippen molar-refractivity contribution in [2.24, 2.45) is 9.98 Å². The Hall–Kier alpha value is -6.80. The number of rotatable bonds is 12. The summed E-state index contributed by atoms with van der Waals surface area (Å²) in [4.78, 5) is 44.1. The molecule has 6 aromatic rings. The average molecular weight is 835 g/mol. The highest BCUT2D eigenvalue weighted by Crippen LogP contribution is 2.37. The Kier molecular flexibility index (Phi) is 11.9. The molecule has 0 saturated carbocycles. The Morgan fingerprint density at radius 2 is 0.937 bits per heavy atom. The number of hydrogen-bond donors (Lipinski definition) is 4. The summed E-state index contributed by atoms with van der Waals surface area (Å²) < 4.78 is 0. The third-order valence-electron chi connectivity index (χ3n) is 13.3. The van der Waals surface area contributed by atoms with Crippen molar-refractivity contribution >= 4 is 56.9 Å². The molecule has 0 saturated heterocycles. The molecule has 4 aromatic carbocycles. The Bertz CT molecular complexity index is 2820. The minimum atomic E-state index is -0.123. The molecule has 4 heterocycles. The first-order chi connectivity index (χ1) is 30.2. The van der Waals surface area contributed by atoms with Crippen molar-refractivity contribution in [3.8, 4) is 0 Å². The molecule has 0 aliphatic carbocycles. The average Bonchev–Trinajstić information content (AvgIpc) is 3.88. The molecule has 0 spiro atoms. The number of nitrogens with zero attached hydrogens (tertiary/aromatic N) is 2. The normalized spacial score (nSPS) is 16.4. The molecule has 2 atom stereocenters. The van der Waals surface area contributed by atoms with Crippen LogP contribution in [0.1, 0.15) is 116 Å². The van der Waals surface area contributed by atoms with Crippen LogP contribution in [0.4, 0.5) is 0 Å². The Morgan fingerprint density at radius 1 is 0.556 bits per heavy atom. The minimum Gasteiger partial charge on any atom is -0.359 e. The van der Waals surface area contributed by atoms with Gasteiger partial charge in [0.15, 0.2) is 0 Å². The highest BCUT2D eigenvalue weighted by molar-refractivity contribution is 6.09. The smallest absolute Gasteiger partial charge is 0.224 e. The Labute approximate surface area is 371 Å². The van der Waals surface area contributed by atoms with Gasteiger partial charge in [0.2, 0.25) is 11.8 Å². The van der Waals surface area contributed by atoms with Crippen LogP contribution in [0, 0.1) is 27.7 Å². The molecule has 2 aromatic heterocycles. The zero-order valence-corrected chi connectivity index (χ0v) is 38.2. The number of aliphatic imine (C=N–C) groups is 2. The molecule has 63 heavy (non-hydrogen) atoms. The van der Waals surface area contributed by atoms with E-state index in [4.69, 9.17) is 9.98 Å². The molecule has 0 fully saturated rings. The predicted molar refractivity (Wildman–Crippen MR) is 261 cm³/mol. The number of aromatic amines is 2. The lowest BCUT2D eigenvalue weighted by Crippen LogP contribution is -2.28. The summed E-state index contributed by atoms with van der Waals surface area (Å²) in [5.74, 6) is -0.0163. The second kappa shape index (κ2) is 17.5. The van der Waals surface area contributed by atoms with Crippen molar-refractivity contribution in [3.63, 3.8) is 0 Å². The first-order valence-electron chi connectivity index (χ1n) is 22.0. The molecule has 8 heteroatoms. The van der Waals surface area contributed by atoms with Crippen molar-refractivity contribution < 1.29 is 9.59 Å². The molecule has 0 bridgehead atoms. The summed E-state index contributed by atoms with van der Waals surface area (Å²) in [7, 11) is 0. The van der Waals surface area contributed by atoms with Crippen LogP contribution >= 0.6 is 0 Å². The fourth-order valence-corrected chi connectivity index (χ4v) is 9.53. The number of carbonyl (C=O) groups is 2. The van der Waals surface area contributed by atoms with Crippen LogP contribution in [0.25, 0.3) is 33.7 Å². The van der Waals surface area contributed by atoms with Crippen LogP contribution in [0.15, 0.2) is 129 Å². The topological polar surface area (TPSA) is 114 Å². The number of aromatic nitrogens is 2. The number of allylic oxidation sites excluding steroid dienone is 4. The van der Waals surface area contributed by atoms with E-state index in [1.807, 2.05) is 64.1 Å². The third kappa shape index (κ3) is 8.55. The van der Waals surface area contributed by atoms with Gasteiger partial charge in [-0.25, -0.2) is 0 Å². The minimum absolute atomic E-state index is 0.00816. The van der Waals surface area contributed by atoms with Gasteiger partial charge in [-0.3, -0.25) is 19.6 Å². The third-order valence-corrected chi connectivity index (χ3v) is 13.3. The number of H-pyrrole nitrogens is 2. The predicted octanol–water partition coefficient (Wildman–Crippen LogP) is 12.1. The summed E-state index contributed by atoms with van der Waals surface area (Å²) in [5, 5.41) is 11.1. The largest absolute Gasteiger partial charge is 0.359 e. The highest BCUT2D eigenvalue weighted by Gasteiger charge is 2.26. The van der Waals surface area contributed by atoms with E-state index in [1.54, 1.807) is 0 Å². The number of benzene rings is 4. The Morgan fingerprint density at radius 3 is 1.35 bits per heavy atom. The number of nitrogens with one attached hydrogen (secondary N) is 4. The quantitative estimate of drug-likeness (QED) is 0.0983. The van der Waals surface area contributed by atoms with Crippen LogP contribution in [-0.2, 0) is 22.4 Å². The SMILES string of the molecule is CC1=NC(=Cc2[nH]c(C)c(CC(=O)N[C@@H](C)c3cccc4ccccc34)c2C)C(C)=C1CC1=C(C)/C(=C/c2[nH]c(C)c(CC(=O)N[C@@H](C)c3cccc4ccccc34)c2C)N=C1C. The van der Waals surface area contributed by atoms with Crippen molar-refractivity contribution in [1.82, 2.24) is 20.6 Å². The molecule has 2 amide bonds. The molecule has 4 N–H and O–H groups in total. The van der Waals surface area contributed by atoms with Gasteiger partial charge in [0.1, 0.15) is 0 Å². The number of carbonyl (C=O) groups excluding carboxylic acids is 2. The van der Waals surface area contributed by atoms with E-state index in [0.717, 1.165) is 107 Å². The van der Waals surface area contributed by atoms with Gasteiger partial charge in [-0.05, 0) is 159 Å². The van der Waals surface area contributed by atoms with E-state index < -0.39 is 0 Å². The molecular weight excluding hydrogens is 777 g/mol. The lowest BCUT2D eigenvalue weighted by molar-refractivity contribution is -0.121. The molecule has 0 unspecified atom stereocenters. The van der Waals surface area contributed by atoms with Crippen molar-refractivity contribution in [2.75, 3.05) is 0 Å². The number of aryl methyl sites for hydroxylation is 2.